The van der Waals surface area contributed by atoms with Gasteiger partial charge in [0.05, 0.1) is 18.7 Å². The minimum Gasteiger partial charge on any atom is -0.495 e. The van der Waals surface area contributed by atoms with Gasteiger partial charge in [-0.05, 0) is 41.5 Å². The average Bonchev–Trinajstić information content (AvgIpc) is 2.69. The van der Waals surface area contributed by atoms with E-state index in [2.05, 4.69) is 6.07 Å². The number of hydrogen-bond donors (Lipinski definition) is 1. The van der Waals surface area contributed by atoms with Gasteiger partial charge in [-0.3, -0.25) is 0 Å². The van der Waals surface area contributed by atoms with Gasteiger partial charge in [-0.15, -0.1) is 0 Å². The lowest BCUT2D eigenvalue weighted by Gasteiger charge is -2.32. The second-order valence-electron chi connectivity index (χ2n) is 6.62. The van der Waals surface area contributed by atoms with Crippen LogP contribution in [0.2, 0.25) is 0 Å². The SMILES string of the molecule is COc1cc2c3c(ccc2cc1C#N)O[C@H](c1cc(F)c(F)cc1F)C(N)C3. The number of nitrogens with two attached hydrogens (primary N) is 1. The molecule has 0 saturated carbocycles. The summed E-state index contributed by atoms with van der Waals surface area (Å²) in [7, 11) is 1.47. The Morgan fingerprint density at radius 3 is 2.57 bits per heavy atom. The third-order valence-corrected chi connectivity index (χ3v) is 4.96. The molecule has 2 atom stereocenters. The van der Waals surface area contributed by atoms with E-state index < -0.39 is 29.6 Å². The first-order chi connectivity index (χ1) is 13.4. The van der Waals surface area contributed by atoms with E-state index in [1.165, 1.54) is 7.11 Å². The predicted molar refractivity (Wildman–Crippen MR) is 96.6 cm³/mol. The van der Waals surface area contributed by atoms with Crippen molar-refractivity contribution in [1.82, 2.24) is 0 Å². The molecule has 0 bridgehead atoms. The van der Waals surface area contributed by atoms with Crippen LogP contribution in [0.25, 0.3) is 10.8 Å². The molecule has 28 heavy (non-hydrogen) atoms. The van der Waals surface area contributed by atoms with Crippen LogP contribution in [0, 0.1) is 28.8 Å². The van der Waals surface area contributed by atoms with Gasteiger partial charge in [0, 0.05) is 17.2 Å². The smallest absolute Gasteiger partial charge is 0.161 e. The summed E-state index contributed by atoms with van der Waals surface area (Å²) in [5, 5.41) is 10.9. The molecule has 3 aromatic rings. The third-order valence-electron chi connectivity index (χ3n) is 4.96. The highest BCUT2D eigenvalue weighted by molar-refractivity contribution is 5.91. The lowest BCUT2D eigenvalue weighted by Crippen LogP contribution is -2.38. The molecule has 0 aliphatic carbocycles. The zero-order valence-corrected chi connectivity index (χ0v) is 14.8. The van der Waals surface area contributed by atoms with Crippen LogP contribution in [0.1, 0.15) is 22.8 Å². The van der Waals surface area contributed by atoms with Crippen molar-refractivity contribution in [3.8, 4) is 17.6 Å². The van der Waals surface area contributed by atoms with E-state index in [1.807, 2.05) is 0 Å². The summed E-state index contributed by atoms with van der Waals surface area (Å²) < 4.78 is 52.2. The number of ether oxygens (including phenoxy) is 2. The molecule has 3 aromatic carbocycles. The highest BCUT2D eigenvalue weighted by atomic mass is 19.2. The maximum absolute atomic E-state index is 14.2. The fourth-order valence-electron chi connectivity index (χ4n) is 3.59. The Balaban J connectivity index is 1.82. The Bertz CT molecular complexity index is 1140. The molecule has 0 fully saturated rings. The zero-order chi connectivity index (χ0) is 20.0. The molecule has 1 aliphatic rings. The molecule has 0 aromatic heterocycles. The number of nitriles is 1. The van der Waals surface area contributed by atoms with E-state index in [0.29, 0.717) is 29.5 Å². The summed E-state index contributed by atoms with van der Waals surface area (Å²) in [5.74, 6) is -2.45. The highest BCUT2D eigenvalue weighted by Crippen LogP contribution is 2.40. The van der Waals surface area contributed by atoms with Crippen molar-refractivity contribution in [3.63, 3.8) is 0 Å². The summed E-state index contributed by atoms with van der Waals surface area (Å²) in [6, 6.07) is 9.59. The highest BCUT2D eigenvalue weighted by Gasteiger charge is 2.32. The number of halogens is 3. The van der Waals surface area contributed by atoms with Crippen LogP contribution in [0.4, 0.5) is 13.2 Å². The average molecular weight is 384 g/mol. The largest absolute Gasteiger partial charge is 0.495 e. The Morgan fingerprint density at radius 1 is 1.11 bits per heavy atom. The van der Waals surface area contributed by atoms with E-state index >= 15 is 0 Å². The Hall–Kier alpha value is -3.24. The second kappa shape index (κ2) is 6.73. The fourth-order valence-corrected chi connectivity index (χ4v) is 3.59. The number of benzene rings is 3. The molecule has 0 amide bonds. The van der Waals surface area contributed by atoms with Gasteiger partial charge >= 0.3 is 0 Å². The van der Waals surface area contributed by atoms with Crippen molar-refractivity contribution in [3.05, 3.63) is 70.5 Å². The normalized spacial score (nSPS) is 18.3. The summed E-state index contributed by atoms with van der Waals surface area (Å²) in [6.45, 7) is 0. The van der Waals surface area contributed by atoms with Gasteiger partial charge in [0.15, 0.2) is 11.6 Å². The molecule has 4 rings (SSSR count). The van der Waals surface area contributed by atoms with Crippen LogP contribution in [-0.2, 0) is 6.42 Å². The molecule has 1 unspecified atom stereocenters. The second-order valence-corrected chi connectivity index (χ2v) is 6.62. The molecule has 0 radical (unpaired) electrons. The van der Waals surface area contributed by atoms with E-state index in [0.717, 1.165) is 22.4 Å². The van der Waals surface area contributed by atoms with Crippen molar-refractivity contribution in [2.24, 2.45) is 5.73 Å². The van der Waals surface area contributed by atoms with Crippen LogP contribution < -0.4 is 15.2 Å². The van der Waals surface area contributed by atoms with Crippen LogP contribution in [0.5, 0.6) is 11.5 Å². The van der Waals surface area contributed by atoms with Crippen LogP contribution in [0.3, 0.4) is 0 Å². The van der Waals surface area contributed by atoms with Gasteiger partial charge in [-0.1, -0.05) is 6.07 Å². The summed E-state index contributed by atoms with van der Waals surface area (Å²) >= 11 is 0. The molecule has 7 heteroatoms. The topological polar surface area (TPSA) is 68.3 Å². The number of rotatable bonds is 2. The van der Waals surface area contributed by atoms with Crippen LogP contribution in [0.15, 0.2) is 36.4 Å². The van der Waals surface area contributed by atoms with E-state index in [1.54, 1.807) is 24.3 Å². The number of hydrogen-bond acceptors (Lipinski definition) is 4. The van der Waals surface area contributed by atoms with E-state index in [4.69, 9.17) is 15.2 Å². The first-order valence-corrected chi connectivity index (χ1v) is 8.53. The molecule has 0 spiro atoms. The maximum atomic E-state index is 14.2. The Morgan fingerprint density at radius 2 is 1.86 bits per heavy atom. The first kappa shape index (κ1) is 18.1. The van der Waals surface area contributed by atoms with Crippen molar-refractivity contribution in [2.75, 3.05) is 7.11 Å². The number of nitrogens with zero attached hydrogens (tertiary/aromatic N) is 1. The quantitative estimate of drug-likeness (QED) is 0.675. The van der Waals surface area contributed by atoms with Crippen LogP contribution >= 0.6 is 0 Å². The van der Waals surface area contributed by atoms with Gasteiger partial charge in [0.2, 0.25) is 0 Å². The molecule has 2 N–H and O–H groups in total. The molecule has 142 valence electrons. The van der Waals surface area contributed by atoms with Gasteiger partial charge in [0.25, 0.3) is 0 Å². The third kappa shape index (κ3) is 2.83. The minimum absolute atomic E-state index is 0.130. The summed E-state index contributed by atoms with van der Waals surface area (Å²) in [4.78, 5) is 0. The zero-order valence-electron chi connectivity index (χ0n) is 14.8. The van der Waals surface area contributed by atoms with Crippen molar-refractivity contribution in [2.45, 2.75) is 18.6 Å². The predicted octanol–water partition coefficient (Wildman–Crippen LogP) is 4.14. The molecule has 1 aliphatic heterocycles. The lowest BCUT2D eigenvalue weighted by atomic mass is 9.89. The standard InChI is InChI=1S/C21H15F3N2O2/c1-27-20-7-12-10(4-11(20)9-25)2-3-19-13(12)6-18(26)21(28-19)14-5-16(23)17(24)8-15(14)22/h2-5,7-8,18,21H,6,26H2,1H3/t18?,21-/m1/s1. The van der Waals surface area contributed by atoms with Gasteiger partial charge in [-0.25, -0.2) is 13.2 Å². The fraction of sp³-hybridized carbons (Fsp3) is 0.190. The lowest BCUT2D eigenvalue weighted by molar-refractivity contribution is 0.149. The summed E-state index contributed by atoms with van der Waals surface area (Å²) in [5.41, 5.74) is 7.26. The molecule has 4 nitrogen and oxygen atoms in total. The Labute approximate surface area is 158 Å². The van der Waals surface area contributed by atoms with Crippen molar-refractivity contribution < 1.29 is 22.6 Å². The van der Waals surface area contributed by atoms with Crippen LogP contribution in [-0.4, -0.2) is 13.2 Å². The minimum atomic E-state index is -1.27. The van der Waals surface area contributed by atoms with E-state index in [9.17, 15) is 18.4 Å². The molecular formula is C21H15F3N2O2. The van der Waals surface area contributed by atoms with Crippen molar-refractivity contribution >= 4 is 10.8 Å². The maximum Gasteiger partial charge on any atom is 0.161 e. The van der Waals surface area contributed by atoms with Crippen molar-refractivity contribution in [1.29, 1.82) is 5.26 Å². The van der Waals surface area contributed by atoms with Gasteiger partial charge < -0.3 is 15.2 Å². The molecular weight excluding hydrogens is 369 g/mol. The first-order valence-electron chi connectivity index (χ1n) is 8.53. The number of methoxy groups -OCH3 is 1. The summed E-state index contributed by atoms with van der Waals surface area (Å²) in [6.07, 6.45) is -0.634. The van der Waals surface area contributed by atoms with Gasteiger partial charge in [0.1, 0.15) is 29.5 Å². The Kier molecular flexibility index (Phi) is 4.36. The number of fused-ring (bicyclic) bond motifs is 3. The molecule has 1 heterocycles. The monoisotopic (exact) mass is 384 g/mol. The van der Waals surface area contributed by atoms with E-state index in [-0.39, 0.29) is 5.56 Å². The van der Waals surface area contributed by atoms with Gasteiger partial charge in [-0.2, -0.15) is 5.26 Å². The molecule has 0 saturated heterocycles.